The van der Waals surface area contributed by atoms with Gasteiger partial charge < -0.3 is 9.88 Å². The van der Waals surface area contributed by atoms with E-state index >= 15 is 0 Å². The summed E-state index contributed by atoms with van der Waals surface area (Å²) in [5.41, 5.74) is 2.31. The van der Waals surface area contributed by atoms with Crippen molar-refractivity contribution < 1.29 is 0 Å². The number of aryl methyl sites for hydroxylation is 2. The zero-order valence-electron chi connectivity index (χ0n) is 17.0. The van der Waals surface area contributed by atoms with Crippen molar-refractivity contribution >= 4 is 44.4 Å². The standard InChI is InChI=1S/C20H25BrClN5O2/c1-5-8-26-18(28)16-17(25(4)20(26)29)24-19(21)27(16)11-12(2)10-23-15-9-14(22)7-6-13(15)3/h6-7,9,12,23H,5,8,10-11H2,1-4H3. The van der Waals surface area contributed by atoms with Crippen LogP contribution in [-0.2, 0) is 20.1 Å². The minimum absolute atomic E-state index is 0.193. The number of halogens is 2. The van der Waals surface area contributed by atoms with Crippen molar-refractivity contribution in [2.45, 2.75) is 40.3 Å². The largest absolute Gasteiger partial charge is 0.384 e. The molecule has 0 aliphatic heterocycles. The van der Waals surface area contributed by atoms with Crippen LogP contribution in [0.25, 0.3) is 11.2 Å². The molecular weight excluding hydrogens is 458 g/mol. The number of rotatable bonds is 7. The number of nitrogens with one attached hydrogen (secondary N) is 1. The zero-order valence-corrected chi connectivity index (χ0v) is 19.3. The van der Waals surface area contributed by atoms with Crippen LogP contribution in [0.15, 0.2) is 32.5 Å². The number of hydrogen-bond acceptors (Lipinski definition) is 4. The second-order valence-electron chi connectivity index (χ2n) is 7.41. The summed E-state index contributed by atoms with van der Waals surface area (Å²) in [5.74, 6) is 0.193. The molecule has 0 bridgehead atoms. The first-order valence-electron chi connectivity index (χ1n) is 9.60. The van der Waals surface area contributed by atoms with Crippen LogP contribution in [0.4, 0.5) is 5.69 Å². The van der Waals surface area contributed by atoms with Gasteiger partial charge in [0.15, 0.2) is 15.9 Å². The summed E-state index contributed by atoms with van der Waals surface area (Å²) < 4.78 is 5.11. The third kappa shape index (κ3) is 4.28. The van der Waals surface area contributed by atoms with Crippen LogP contribution in [0.3, 0.4) is 0 Å². The Morgan fingerprint density at radius 1 is 1.28 bits per heavy atom. The van der Waals surface area contributed by atoms with Crippen LogP contribution in [0.1, 0.15) is 25.8 Å². The number of fused-ring (bicyclic) bond motifs is 1. The summed E-state index contributed by atoms with van der Waals surface area (Å²) in [4.78, 5) is 29.9. The lowest BCUT2D eigenvalue weighted by atomic mass is 10.1. The van der Waals surface area contributed by atoms with Crippen molar-refractivity contribution in [3.05, 3.63) is 54.4 Å². The number of benzene rings is 1. The Labute approximate surface area is 182 Å². The van der Waals surface area contributed by atoms with Crippen LogP contribution < -0.4 is 16.6 Å². The fourth-order valence-electron chi connectivity index (χ4n) is 3.38. The Kier molecular flexibility index (Phi) is 6.53. The Balaban J connectivity index is 1.91. The van der Waals surface area contributed by atoms with E-state index in [0.717, 1.165) is 11.3 Å². The second-order valence-corrected chi connectivity index (χ2v) is 8.55. The molecule has 2 heterocycles. The summed E-state index contributed by atoms with van der Waals surface area (Å²) in [6, 6.07) is 5.75. The molecule has 0 radical (unpaired) electrons. The van der Waals surface area contributed by atoms with E-state index in [2.05, 4.69) is 33.2 Å². The summed E-state index contributed by atoms with van der Waals surface area (Å²) >= 11 is 9.56. The van der Waals surface area contributed by atoms with Crippen LogP contribution in [0, 0.1) is 12.8 Å². The van der Waals surface area contributed by atoms with E-state index in [9.17, 15) is 9.59 Å². The number of hydrogen-bond donors (Lipinski definition) is 1. The van der Waals surface area contributed by atoms with Crippen LogP contribution in [0.5, 0.6) is 0 Å². The lowest BCUT2D eigenvalue weighted by molar-refractivity contribution is 0.502. The molecule has 0 amide bonds. The van der Waals surface area contributed by atoms with E-state index in [1.165, 1.54) is 9.13 Å². The molecule has 0 fully saturated rings. The summed E-state index contributed by atoms with van der Waals surface area (Å²) in [6.45, 7) is 7.72. The fourth-order valence-corrected chi connectivity index (χ4v) is 4.04. The smallest absolute Gasteiger partial charge is 0.332 e. The molecule has 0 aliphatic carbocycles. The van der Waals surface area contributed by atoms with Gasteiger partial charge in [-0.25, -0.2) is 9.78 Å². The molecule has 0 aliphatic rings. The van der Waals surface area contributed by atoms with E-state index in [1.54, 1.807) is 7.05 Å². The summed E-state index contributed by atoms with van der Waals surface area (Å²) in [6.07, 6.45) is 0.704. The van der Waals surface area contributed by atoms with E-state index in [1.807, 2.05) is 36.6 Å². The molecule has 2 aromatic heterocycles. The highest BCUT2D eigenvalue weighted by molar-refractivity contribution is 9.10. The van der Waals surface area contributed by atoms with Gasteiger partial charge in [-0.2, -0.15) is 0 Å². The number of aromatic nitrogens is 4. The third-order valence-electron chi connectivity index (χ3n) is 4.97. The average Bonchev–Trinajstić information content (AvgIpc) is 3.00. The van der Waals surface area contributed by atoms with Crippen LogP contribution in [-0.4, -0.2) is 25.2 Å². The van der Waals surface area contributed by atoms with Gasteiger partial charge in [-0.3, -0.25) is 13.9 Å². The van der Waals surface area contributed by atoms with Crippen molar-refractivity contribution in [3.8, 4) is 0 Å². The van der Waals surface area contributed by atoms with Crippen molar-refractivity contribution in [3.63, 3.8) is 0 Å². The van der Waals surface area contributed by atoms with Crippen molar-refractivity contribution in [2.24, 2.45) is 13.0 Å². The monoisotopic (exact) mass is 481 g/mol. The molecule has 7 nitrogen and oxygen atoms in total. The molecule has 0 spiro atoms. The van der Waals surface area contributed by atoms with Crippen LogP contribution >= 0.6 is 27.5 Å². The van der Waals surface area contributed by atoms with E-state index < -0.39 is 0 Å². The summed E-state index contributed by atoms with van der Waals surface area (Å²) in [7, 11) is 1.65. The molecular formula is C20H25BrClN5O2. The van der Waals surface area contributed by atoms with Crippen molar-refractivity contribution in [1.29, 1.82) is 0 Å². The minimum Gasteiger partial charge on any atom is -0.384 e. The third-order valence-corrected chi connectivity index (χ3v) is 5.81. The van der Waals surface area contributed by atoms with Gasteiger partial charge in [-0.1, -0.05) is 31.5 Å². The number of anilines is 1. The van der Waals surface area contributed by atoms with Gasteiger partial charge in [-0.05, 0) is 52.9 Å². The van der Waals surface area contributed by atoms with Gasteiger partial charge in [0, 0.05) is 37.4 Å². The minimum atomic E-state index is -0.340. The Hall–Kier alpha value is -2.06. The Bertz CT molecular complexity index is 1160. The van der Waals surface area contributed by atoms with Gasteiger partial charge >= 0.3 is 5.69 Å². The molecule has 156 valence electrons. The van der Waals surface area contributed by atoms with Gasteiger partial charge in [0.1, 0.15) is 0 Å². The SMILES string of the molecule is CCCn1c(=O)c2c(nc(Br)n2CC(C)CNc2cc(Cl)ccc2C)n(C)c1=O. The molecule has 3 aromatic rings. The highest BCUT2D eigenvalue weighted by Gasteiger charge is 2.20. The quantitative estimate of drug-likeness (QED) is 0.520. The van der Waals surface area contributed by atoms with E-state index in [4.69, 9.17) is 11.6 Å². The fraction of sp³-hybridized carbons (Fsp3) is 0.450. The first-order valence-corrected chi connectivity index (χ1v) is 10.8. The Morgan fingerprint density at radius 2 is 2.00 bits per heavy atom. The predicted molar refractivity (Wildman–Crippen MR) is 121 cm³/mol. The molecule has 0 saturated heterocycles. The lowest BCUT2D eigenvalue weighted by Crippen LogP contribution is -2.39. The second kappa shape index (κ2) is 8.75. The first kappa shape index (κ1) is 21.6. The predicted octanol–water partition coefficient (Wildman–Crippen LogP) is 3.78. The average molecular weight is 483 g/mol. The number of imidazole rings is 1. The van der Waals surface area contributed by atoms with Gasteiger partial charge in [0.25, 0.3) is 5.56 Å². The van der Waals surface area contributed by atoms with Crippen molar-refractivity contribution in [1.82, 2.24) is 18.7 Å². The van der Waals surface area contributed by atoms with E-state index in [0.29, 0.717) is 47.0 Å². The maximum Gasteiger partial charge on any atom is 0.332 e. The van der Waals surface area contributed by atoms with Gasteiger partial charge in [0.05, 0.1) is 0 Å². The molecule has 29 heavy (non-hydrogen) atoms. The normalized spacial score (nSPS) is 12.5. The topological polar surface area (TPSA) is 73.8 Å². The molecule has 1 atom stereocenters. The highest BCUT2D eigenvalue weighted by Crippen LogP contribution is 2.22. The molecule has 1 aromatic carbocycles. The maximum atomic E-state index is 13.0. The van der Waals surface area contributed by atoms with E-state index in [-0.39, 0.29) is 17.2 Å². The molecule has 9 heteroatoms. The number of nitrogens with zero attached hydrogens (tertiary/aromatic N) is 4. The van der Waals surface area contributed by atoms with Crippen LogP contribution in [0.2, 0.25) is 5.02 Å². The zero-order chi connectivity index (χ0) is 21.3. The molecule has 3 rings (SSSR count). The van der Waals surface area contributed by atoms with Crippen molar-refractivity contribution in [2.75, 3.05) is 11.9 Å². The molecule has 1 unspecified atom stereocenters. The maximum absolute atomic E-state index is 13.0. The highest BCUT2D eigenvalue weighted by atomic mass is 79.9. The molecule has 1 N–H and O–H groups in total. The molecule has 0 saturated carbocycles. The Morgan fingerprint density at radius 3 is 2.69 bits per heavy atom. The van der Waals surface area contributed by atoms with Gasteiger partial charge in [0.2, 0.25) is 0 Å². The summed E-state index contributed by atoms with van der Waals surface area (Å²) in [5, 5.41) is 4.11. The van der Waals surface area contributed by atoms with Gasteiger partial charge in [-0.15, -0.1) is 0 Å². The lowest BCUT2D eigenvalue weighted by Gasteiger charge is -2.17. The first-order chi connectivity index (χ1) is 13.7.